The largest absolute Gasteiger partial charge is 0.482 e. The third-order valence-corrected chi connectivity index (χ3v) is 3.44. The van der Waals surface area contributed by atoms with Crippen molar-refractivity contribution >= 4 is 17.5 Å². The van der Waals surface area contributed by atoms with Crippen LogP contribution in [-0.4, -0.2) is 43.6 Å². The molecule has 1 aliphatic rings. The quantitative estimate of drug-likeness (QED) is 0.920. The molecule has 0 unspecified atom stereocenters. The van der Waals surface area contributed by atoms with Crippen LogP contribution in [-0.2, 0) is 4.79 Å². The highest BCUT2D eigenvalue weighted by atomic mass is 35.5. The zero-order chi connectivity index (χ0) is 13.7. The normalized spacial score (nSPS) is 16.0. The second kappa shape index (κ2) is 6.78. The van der Waals surface area contributed by atoms with Gasteiger partial charge in [-0.2, -0.15) is 0 Å². The average molecular weight is 283 g/mol. The number of carbonyl (C=O) groups excluding carboxylic acids is 1. The van der Waals surface area contributed by atoms with E-state index in [1.54, 1.807) is 6.07 Å². The molecule has 1 N–H and O–H groups in total. The standard InChI is InChI=1S/C14H19ClN2O2/c1-11-3-4-12(15)13(9-11)19-10-14(18)17-7-2-5-16-6-8-17/h3-4,9,16H,2,5-8,10H2,1H3. The molecule has 0 spiro atoms. The van der Waals surface area contributed by atoms with Gasteiger partial charge in [-0.3, -0.25) is 4.79 Å². The van der Waals surface area contributed by atoms with Gasteiger partial charge in [-0.15, -0.1) is 0 Å². The molecular weight excluding hydrogens is 264 g/mol. The molecular formula is C14H19ClN2O2. The van der Waals surface area contributed by atoms with E-state index in [2.05, 4.69) is 5.32 Å². The highest BCUT2D eigenvalue weighted by Gasteiger charge is 2.16. The monoisotopic (exact) mass is 282 g/mol. The highest BCUT2D eigenvalue weighted by molar-refractivity contribution is 6.32. The lowest BCUT2D eigenvalue weighted by atomic mass is 10.2. The molecule has 4 nitrogen and oxygen atoms in total. The molecule has 0 saturated carbocycles. The van der Waals surface area contributed by atoms with Crippen LogP contribution in [0.5, 0.6) is 5.75 Å². The fraction of sp³-hybridized carbons (Fsp3) is 0.500. The first-order valence-electron chi connectivity index (χ1n) is 6.54. The number of hydrogen-bond donors (Lipinski definition) is 1. The van der Waals surface area contributed by atoms with Gasteiger partial charge in [0.2, 0.25) is 0 Å². The summed E-state index contributed by atoms with van der Waals surface area (Å²) in [5, 5.41) is 3.80. The SMILES string of the molecule is Cc1ccc(Cl)c(OCC(=O)N2CCCNCC2)c1. The summed E-state index contributed by atoms with van der Waals surface area (Å²) in [4.78, 5) is 13.9. The third-order valence-electron chi connectivity index (χ3n) is 3.13. The molecule has 0 aromatic heterocycles. The maximum Gasteiger partial charge on any atom is 0.260 e. The molecule has 1 aliphatic heterocycles. The zero-order valence-corrected chi connectivity index (χ0v) is 11.9. The maximum atomic E-state index is 12.1. The topological polar surface area (TPSA) is 41.6 Å². The van der Waals surface area contributed by atoms with E-state index in [1.165, 1.54) is 0 Å². The van der Waals surface area contributed by atoms with Crippen LogP contribution in [0.3, 0.4) is 0 Å². The number of hydrogen-bond acceptors (Lipinski definition) is 3. The van der Waals surface area contributed by atoms with Crippen LogP contribution in [0.25, 0.3) is 0 Å². The van der Waals surface area contributed by atoms with Crippen LogP contribution in [0.15, 0.2) is 18.2 Å². The second-order valence-corrected chi connectivity index (χ2v) is 5.11. The zero-order valence-electron chi connectivity index (χ0n) is 11.1. The Labute approximate surface area is 118 Å². The van der Waals surface area contributed by atoms with Gasteiger partial charge >= 0.3 is 0 Å². The number of rotatable bonds is 3. The van der Waals surface area contributed by atoms with Crippen molar-refractivity contribution in [3.8, 4) is 5.75 Å². The van der Waals surface area contributed by atoms with Gasteiger partial charge in [0.1, 0.15) is 5.75 Å². The number of aryl methyl sites for hydroxylation is 1. The molecule has 104 valence electrons. The summed E-state index contributed by atoms with van der Waals surface area (Å²) in [5.41, 5.74) is 1.06. The summed E-state index contributed by atoms with van der Waals surface area (Å²) in [7, 11) is 0. The van der Waals surface area contributed by atoms with E-state index in [4.69, 9.17) is 16.3 Å². The smallest absolute Gasteiger partial charge is 0.260 e. The molecule has 0 radical (unpaired) electrons. The number of halogens is 1. The summed E-state index contributed by atoms with van der Waals surface area (Å²) in [6, 6.07) is 5.55. The lowest BCUT2D eigenvalue weighted by Crippen LogP contribution is -2.37. The predicted octanol–water partition coefficient (Wildman–Crippen LogP) is 1.85. The fourth-order valence-electron chi connectivity index (χ4n) is 2.05. The molecule has 0 atom stereocenters. The molecule has 1 heterocycles. The molecule has 1 aromatic rings. The van der Waals surface area contributed by atoms with E-state index in [0.29, 0.717) is 10.8 Å². The summed E-state index contributed by atoms with van der Waals surface area (Å²) in [5.74, 6) is 0.587. The van der Waals surface area contributed by atoms with Gasteiger partial charge in [0.15, 0.2) is 6.61 Å². The van der Waals surface area contributed by atoms with E-state index in [0.717, 1.165) is 38.2 Å². The van der Waals surface area contributed by atoms with Crippen molar-refractivity contribution in [3.05, 3.63) is 28.8 Å². The molecule has 0 aliphatic carbocycles. The van der Waals surface area contributed by atoms with E-state index in [9.17, 15) is 4.79 Å². The molecule has 1 saturated heterocycles. The number of carbonyl (C=O) groups is 1. The molecule has 1 amide bonds. The number of nitrogens with one attached hydrogen (secondary N) is 1. The summed E-state index contributed by atoms with van der Waals surface area (Å²) in [6.45, 7) is 5.35. The molecule has 2 rings (SSSR count). The number of benzene rings is 1. The lowest BCUT2D eigenvalue weighted by molar-refractivity contribution is -0.133. The van der Waals surface area contributed by atoms with Gasteiger partial charge in [-0.05, 0) is 37.6 Å². The van der Waals surface area contributed by atoms with Crippen LogP contribution in [0.1, 0.15) is 12.0 Å². The minimum Gasteiger partial charge on any atom is -0.482 e. The van der Waals surface area contributed by atoms with Gasteiger partial charge in [-0.1, -0.05) is 17.7 Å². The van der Waals surface area contributed by atoms with Gasteiger partial charge in [0.05, 0.1) is 5.02 Å². The van der Waals surface area contributed by atoms with Gasteiger partial charge in [0.25, 0.3) is 5.91 Å². The van der Waals surface area contributed by atoms with Crippen molar-refractivity contribution in [1.29, 1.82) is 0 Å². The van der Waals surface area contributed by atoms with Gasteiger partial charge < -0.3 is 15.0 Å². The van der Waals surface area contributed by atoms with Crippen LogP contribution in [0.4, 0.5) is 0 Å². The Bertz CT molecular complexity index is 443. The summed E-state index contributed by atoms with van der Waals surface area (Å²) in [6.07, 6.45) is 0.983. The van der Waals surface area contributed by atoms with Crippen molar-refractivity contribution in [2.75, 3.05) is 32.8 Å². The predicted molar refractivity (Wildman–Crippen MR) is 75.8 cm³/mol. The minimum absolute atomic E-state index is 0.0151. The number of nitrogens with zero attached hydrogens (tertiary/aromatic N) is 1. The van der Waals surface area contributed by atoms with Crippen LogP contribution in [0, 0.1) is 6.92 Å². The number of ether oxygens (including phenoxy) is 1. The molecule has 5 heteroatoms. The number of amides is 1. The van der Waals surface area contributed by atoms with Gasteiger partial charge in [0, 0.05) is 19.6 Å². The van der Waals surface area contributed by atoms with Crippen LogP contribution < -0.4 is 10.1 Å². The van der Waals surface area contributed by atoms with Crippen molar-refractivity contribution in [1.82, 2.24) is 10.2 Å². The highest BCUT2D eigenvalue weighted by Crippen LogP contribution is 2.25. The van der Waals surface area contributed by atoms with Crippen LogP contribution >= 0.6 is 11.6 Å². The first kappa shape index (κ1) is 14.2. The molecule has 19 heavy (non-hydrogen) atoms. The van der Waals surface area contributed by atoms with E-state index >= 15 is 0 Å². The summed E-state index contributed by atoms with van der Waals surface area (Å²) < 4.78 is 5.53. The lowest BCUT2D eigenvalue weighted by Gasteiger charge is -2.20. The van der Waals surface area contributed by atoms with Crippen molar-refractivity contribution in [2.24, 2.45) is 0 Å². The Morgan fingerprint density at radius 1 is 1.42 bits per heavy atom. The van der Waals surface area contributed by atoms with E-state index < -0.39 is 0 Å². The van der Waals surface area contributed by atoms with E-state index in [1.807, 2.05) is 24.0 Å². The first-order valence-corrected chi connectivity index (χ1v) is 6.92. The third kappa shape index (κ3) is 4.11. The Hall–Kier alpha value is -1.26. The van der Waals surface area contributed by atoms with E-state index in [-0.39, 0.29) is 12.5 Å². The molecule has 1 fully saturated rings. The van der Waals surface area contributed by atoms with Crippen LogP contribution in [0.2, 0.25) is 5.02 Å². The maximum absolute atomic E-state index is 12.1. The Kier molecular flexibility index (Phi) is 5.05. The minimum atomic E-state index is 0.0151. The van der Waals surface area contributed by atoms with Gasteiger partial charge in [-0.25, -0.2) is 0 Å². The van der Waals surface area contributed by atoms with Crippen molar-refractivity contribution < 1.29 is 9.53 Å². The summed E-state index contributed by atoms with van der Waals surface area (Å²) >= 11 is 6.03. The molecule has 1 aromatic carbocycles. The Morgan fingerprint density at radius 2 is 2.26 bits per heavy atom. The van der Waals surface area contributed by atoms with Crippen molar-refractivity contribution in [2.45, 2.75) is 13.3 Å². The van der Waals surface area contributed by atoms with Crippen molar-refractivity contribution in [3.63, 3.8) is 0 Å². The fourth-order valence-corrected chi connectivity index (χ4v) is 2.22. The Morgan fingerprint density at radius 3 is 3.11 bits per heavy atom. The first-order chi connectivity index (χ1) is 9.16. The Balaban J connectivity index is 1.90. The second-order valence-electron chi connectivity index (χ2n) is 4.71. The molecule has 0 bridgehead atoms. The average Bonchev–Trinajstić information content (AvgIpc) is 2.68.